The smallest absolute Gasteiger partial charge is 0.340 e. The molecule has 1 amide bonds. The number of pyridine rings is 1. The van der Waals surface area contributed by atoms with Gasteiger partial charge in [0, 0.05) is 29.7 Å². The zero-order chi connectivity index (χ0) is 19.6. The molecule has 0 bridgehead atoms. The van der Waals surface area contributed by atoms with Crippen LogP contribution in [-0.4, -0.2) is 45.0 Å². The highest BCUT2D eigenvalue weighted by atomic mass is 16.5. The fourth-order valence-corrected chi connectivity index (χ4v) is 4.00. The van der Waals surface area contributed by atoms with E-state index in [4.69, 9.17) is 4.74 Å². The fraction of sp³-hybridized carbons (Fsp3) is 0.476. The monoisotopic (exact) mass is 369 g/mol. The second-order valence-electron chi connectivity index (χ2n) is 7.31. The lowest BCUT2D eigenvalue weighted by atomic mass is 9.97. The predicted molar refractivity (Wildman–Crippen MR) is 103 cm³/mol. The molecule has 3 rings (SSSR count). The molecule has 0 N–H and O–H groups in total. The topological polar surface area (TPSA) is 64.4 Å². The molecule has 6 nitrogen and oxygen atoms in total. The second-order valence-corrected chi connectivity index (χ2v) is 7.31. The van der Waals surface area contributed by atoms with E-state index in [2.05, 4.69) is 18.8 Å². The van der Waals surface area contributed by atoms with Gasteiger partial charge in [-0.2, -0.15) is 0 Å². The molecule has 3 heterocycles. The van der Waals surface area contributed by atoms with Gasteiger partial charge in [-0.3, -0.25) is 4.79 Å². The van der Waals surface area contributed by atoms with Crippen LogP contribution in [0.15, 0.2) is 30.5 Å². The number of aryl methyl sites for hydroxylation is 1. The molecule has 0 aliphatic carbocycles. The first-order chi connectivity index (χ1) is 12.9. The van der Waals surface area contributed by atoms with E-state index in [1.54, 1.807) is 12.3 Å². The Morgan fingerprint density at radius 3 is 2.52 bits per heavy atom. The normalized spacial score (nSPS) is 19.8. The Balaban J connectivity index is 1.71. The van der Waals surface area contributed by atoms with Crippen LogP contribution in [0.4, 0.5) is 0 Å². The Morgan fingerprint density at radius 2 is 1.89 bits per heavy atom. The molecule has 2 aromatic rings. The van der Waals surface area contributed by atoms with Gasteiger partial charge in [0.2, 0.25) is 0 Å². The third kappa shape index (κ3) is 3.89. The molecule has 0 saturated carbocycles. The fourth-order valence-electron chi connectivity index (χ4n) is 4.00. The van der Waals surface area contributed by atoms with E-state index in [1.165, 1.54) is 0 Å². The van der Waals surface area contributed by atoms with Gasteiger partial charge in [-0.25, -0.2) is 9.78 Å². The Bertz CT molecular complexity index is 819. The van der Waals surface area contributed by atoms with Crippen molar-refractivity contribution in [2.75, 3.05) is 6.61 Å². The molecule has 2 aromatic heterocycles. The standard InChI is InChI=1S/C21H27N3O3/c1-14-8-7-9-15(2)23(14)20(25)13-27-21(26)18-12-16(3)24(17(18)4)19-10-5-6-11-22-19/h5-6,10-12,14-15H,7-9,13H2,1-4H3/t14-,15+. The van der Waals surface area contributed by atoms with Gasteiger partial charge in [-0.05, 0) is 65.2 Å². The quantitative estimate of drug-likeness (QED) is 0.775. The summed E-state index contributed by atoms with van der Waals surface area (Å²) < 4.78 is 7.27. The highest BCUT2D eigenvalue weighted by Crippen LogP contribution is 2.23. The SMILES string of the molecule is Cc1cc(C(=O)OCC(=O)N2[C@H](C)CCC[C@@H]2C)c(C)n1-c1ccccn1. The van der Waals surface area contributed by atoms with Crippen LogP contribution >= 0.6 is 0 Å². The molecule has 144 valence electrons. The molecule has 1 fully saturated rings. The lowest BCUT2D eigenvalue weighted by Gasteiger charge is -2.38. The summed E-state index contributed by atoms with van der Waals surface area (Å²) >= 11 is 0. The zero-order valence-electron chi connectivity index (χ0n) is 16.4. The van der Waals surface area contributed by atoms with Crippen molar-refractivity contribution in [1.29, 1.82) is 0 Å². The summed E-state index contributed by atoms with van der Waals surface area (Å²) in [5, 5.41) is 0. The molecule has 1 aliphatic rings. The van der Waals surface area contributed by atoms with Crippen LogP contribution in [0.25, 0.3) is 5.82 Å². The highest BCUT2D eigenvalue weighted by molar-refractivity contribution is 5.93. The number of amides is 1. The number of esters is 1. The maximum Gasteiger partial charge on any atom is 0.340 e. The van der Waals surface area contributed by atoms with Crippen LogP contribution < -0.4 is 0 Å². The van der Waals surface area contributed by atoms with Crippen LogP contribution in [-0.2, 0) is 9.53 Å². The Hall–Kier alpha value is -2.63. The molecule has 2 atom stereocenters. The van der Waals surface area contributed by atoms with Gasteiger partial charge in [0.1, 0.15) is 5.82 Å². The number of hydrogen-bond acceptors (Lipinski definition) is 4. The Labute approximate surface area is 160 Å². The van der Waals surface area contributed by atoms with Crippen LogP contribution in [0.2, 0.25) is 0 Å². The van der Waals surface area contributed by atoms with Crippen LogP contribution in [0, 0.1) is 13.8 Å². The molecule has 0 spiro atoms. The number of likely N-dealkylation sites (tertiary alicyclic amines) is 1. The van der Waals surface area contributed by atoms with Crippen molar-refractivity contribution in [3.63, 3.8) is 0 Å². The minimum absolute atomic E-state index is 0.124. The van der Waals surface area contributed by atoms with Crippen molar-refractivity contribution >= 4 is 11.9 Å². The van der Waals surface area contributed by atoms with E-state index in [-0.39, 0.29) is 24.6 Å². The van der Waals surface area contributed by atoms with Crippen molar-refractivity contribution in [1.82, 2.24) is 14.5 Å². The number of aromatic nitrogens is 2. The molecule has 0 unspecified atom stereocenters. The lowest BCUT2D eigenvalue weighted by Crippen LogP contribution is -2.49. The second kappa shape index (κ2) is 7.94. The van der Waals surface area contributed by atoms with E-state index in [1.807, 2.05) is 41.5 Å². The van der Waals surface area contributed by atoms with Crippen LogP contribution in [0.1, 0.15) is 54.9 Å². The van der Waals surface area contributed by atoms with Gasteiger partial charge in [-0.15, -0.1) is 0 Å². The van der Waals surface area contributed by atoms with E-state index in [0.29, 0.717) is 5.56 Å². The third-order valence-electron chi connectivity index (χ3n) is 5.34. The first kappa shape index (κ1) is 19.1. The minimum Gasteiger partial charge on any atom is -0.452 e. The number of nitrogens with zero attached hydrogens (tertiary/aromatic N) is 3. The molecular formula is C21H27N3O3. The molecule has 6 heteroatoms. The van der Waals surface area contributed by atoms with E-state index < -0.39 is 5.97 Å². The summed E-state index contributed by atoms with van der Waals surface area (Å²) in [6.07, 6.45) is 4.84. The van der Waals surface area contributed by atoms with Crippen molar-refractivity contribution in [3.8, 4) is 5.82 Å². The number of hydrogen-bond donors (Lipinski definition) is 0. The van der Waals surface area contributed by atoms with Gasteiger partial charge in [0.25, 0.3) is 5.91 Å². The molecule has 27 heavy (non-hydrogen) atoms. The summed E-state index contributed by atoms with van der Waals surface area (Å²) in [7, 11) is 0. The first-order valence-electron chi connectivity index (χ1n) is 9.48. The largest absolute Gasteiger partial charge is 0.452 e. The number of carbonyl (C=O) groups excluding carboxylic acids is 2. The number of ether oxygens (including phenoxy) is 1. The maximum absolute atomic E-state index is 12.6. The van der Waals surface area contributed by atoms with Crippen molar-refractivity contribution < 1.29 is 14.3 Å². The zero-order valence-corrected chi connectivity index (χ0v) is 16.4. The molecule has 0 radical (unpaired) electrons. The van der Waals surface area contributed by atoms with Crippen molar-refractivity contribution in [3.05, 3.63) is 47.4 Å². The number of rotatable bonds is 4. The van der Waals surface area contributed by atoms with Crippen LogP contribution in [0.3, 0.4) is 0 Å². The summed E-state index contributed by atoms with van der Waals surface area (Å²) in [4.78, 5) is 31.4. The first-order valence-corrected chi connectivity index (χ1v) is 9.48. The lowest BCUT2D eigenvalue weighted by molar-refractivity contribution is -0.140. The summed E-state index contributed by atoms with van der Waals surface area (Å²) in [6, 6.07) is 7.80. The summed E-state index contributed by atoms with van der Waals surface area (Å²) in [5.74, 6) is 0.149. The average Bonchev–Trinajstić information content (AvgIpc) is 2.94. The van der Waals surface area contributed by atoms with E-state index >= 15 is 0 Å². The molecular weight excluding hydrogens is 342 g/mol. The Kier molecular flexibility index (Phi) is 5.63. The van der Waals surface area contributed by atoms with Gasteiger partial charge in [0.05, 0.1) is 5.56 Å². The predicted octanol–water partition coefficient (Wildman–Crippen LogP) is 3.44. The van der Waals surface area contributed by atoms with Gasteiger partial charge >= 0.3 is 5.97 Å². The van der Waals surface area contributed by atoms with Crippen LogP contribution in [0.5, 0.6) is 0 Å². The third-order valence-corrected chi connectivity index (χ3v) is 5.34. The summed E-state index contributed by atoms with van der Waals surface area (Å²) in [5.41, 5.74) is 2.11. The van der Waals surface area contributed by atoms with Gasteiger partial charge in [0.15, 0.2) is 6.61 Å². The van der Waals surface area contributed by atoms with Crippen molar-refractivity contribution in [2.24, 2.45) is 0 Å². The highest BCUT2D eigenvalue weighted by Gasteiger charge is 2.29. The average molecular weight is 369 g/mol. The van der Waals surface area contributed by atoms with Gasteiger partial charge < -0.3 is 14.2 Å². The molecule has 1 saturated heterocycles. The number of carbonyl (C=O) groups is 2. The minimum atomic E-state index is -0.476. The Morgan fingerprint density at radius 1 is 1.19 bits per heavy atom. The van der Waals surface area contributed by atoms with Crippen molar-refractivity contribution in [2.45, 2.75) is 59.0 Å². The molecule has 0 aromatic carbocycles. The van der Waals surface area contributed by atoms with E-state index in [9.17, 15) is 9.59 Å². The van der Waals surface area contributed by atoms with E-state index in [0.717, 1.165) is 36.5 Å². The van der Waals surface area contributed by atoms with Gasteiger partial charge in [-0.1, -0.05) is 6.07 Å². The number of piperidine rings is 1. The molecule has 1 aliphatic heterocycles. The summed E-state index contributed by atoms with van der Waals surface area (Å²) in [6.45, 7) is 7.65. The maximum atomic E-state index is 12.6.